The van der Waals surface area contributed by atoms with Gasteiger partial charge in [0.2, 0.25) is 0 Å². The summed E-state index contributed by atoms with van der Waals surface area (Å²) >= 11 is 10.4. The molecule has 2 aromatic rings. The molecule has 14 heavy (non-hydrogen) atoms. The Morgan fingerprint density at radius 1 is 1.50 bits per heavy atom. The quantitative estimate of drug-likeness (QED) is 0.862. The molecule has 0 radical (unpaired) electrons. The minimum absolute atomic E-state index is 0.285. The molecule has 0 aliphatic carbocycles. The molecule has 0 spiro atoms. The van der Waals surface area contributed by atoms with E-state index in [2.05, 4.69) is 15.9 Å². The van der Waals surface area contributed by atoms with Crippen molar-refractivity contribution in [3.05, 3.63) is 32.6 Å². The van der Waals surface area contributed by atoms with Gasteiger partial charge in [-0.05, 0) is 34.1 Å². The molecule has 0 saturated carbocycles. The summed E-state index contributed by atoms with van der Waals surface area (Å²) in [5.74, 6) is -0.939. The number of halogens is 2. The number of fused-ring (bicyclic) bond motifs is 1. The number of benzene rings is 1. The van der Waals surface area contributed by atoms with Crippen molar-refractivity contribution in [3.8, 4) is 0 Å². The number of hydrogen-bond donors (Lipinski definition) is 1. The fourth-order valence-corrected chi connectivity index (χ4v) is 3.22. The maximum atomic E-state index is 10.9. The predicted molar refractivity (Wildman–Crippen MR) is 61.5 cm³/mol. The van der Waals surface area contributed by atoms with Crippen molar-refractivity contribution in [2.75, 3.05) is 0 Å². The third-order valence-electron chi connectivity index (χ3n) is 1.82. The van der Waals surface area contributed by atoms with Crippen LogP contribution in [0, 0.1) is 0 Å². The van der Waals surface area contributed by atoms with E-state index in [4.69, 9.17) is 16.7 Å². The molecule has 1 N–H and O–H groups in total. The van der Waals surface area contributed by atoms with Gasteiger partial charge in [0.15, 0.2) is 0 Å². The maximum Gasteiger partial charge on any atom is 0.338 e. The molecule has 0 aliphatic rings. The van der Waals surface area contributed by atoms with Gasteiger partial charge in [0, 0.05) is 15.1 Å². The van der Waals surface area contributed by atoms with E-state index in [0.29, 0.717) is 14.2 Å². The summed E-state index contributed by atoms with van der Waals surface area (Å²) in [4.78, 5) is 10.9. The Labute approximate surface area is 97.2 Å². The summed E-state index contributed by atoms with van der Waals surface area (Å²) in [7, 11) is 0. The zero-order chi connectivity index (χ0) is 10.3. The van der Waals surface area contributed by atoms with Crippen LogP contribution in [0.1, 0.15) is 10.4 Å². The Bertz CT molecular complexity index is 521. The summed E-state index contributed by atoms with van der Waals surface area (Å²) in [6, 6.07) is 5.24. The Morgan fingerprint density at radius 3 is 2.86 bits per heavy atom. The molecule has 5 heteroatoms. The number of thiophene rings is 1. The first-order valence-corrected chi connectivity index (χ1v) is 5.69. The average Bonchev–Trinajstić information content (AvgIpc) is 2.40. The first-order chi connectivity index (χ1) is 6.59. The minimum Gasteiger partial charge on any atom is -0.478 e. The standard InChI is InChI=1S/C9H4BrClO2S/c10-8-7(9(12)13)5-3-4(11)1-2-6(5)14-8/h1-3H,(H,12,13). The van der Waals surface area contributed by atoms with Gasteiger partial charge >= 0.3 is 5.97 Å². The highest BCUT2D eigenvalue weighted by molar-refractivity contribution is 9.11. The van der Waals surface area contributed by atoms with Crippen molar-refractivity contribution in [2.45, 2.75) is 0 Å². The predicted octanol–water partition coefficient (Wildman–Crippen LogP) is 4.02. The number of carboxylic acid groups (broad SMARTS) is 1. The number of carboxylic acids is 1. The topological polar surface area (TPSA) is 37.3 Å². The molecular formula is C9H4BrClO2S. The molecule has 2 rings (SSSR count). The first kappa shape index (κ1) is 9.96. The fraction of sp³-hybridized carbons (Fsp3) is 0. The van der Waals surface area contributed by atoms with E-state index in [1.807, 2.05) is 6.07 Å². The lowest BCUT2D eigenvalue weighted by atomic mass is 10.2. The molecule has 1 aromatic heterocycles. The van der Waals surface area contributed by atoms with Gasteiger partial charge in [0.05, 0.1) is 9.35 Å². The fourth-order valence-electron chi connectivity index (χ4n) is 1.24. The van der Waals surface area contributed by atoms with Crippen LogP contribution in [0.25, 0.3) is 10.1 Å². The van der Waals surface area contributed by atoms with Gasteiger partial charge < -0.3 is 5.11 Å². The Morgan fingerprint density at radius 2 is 2.21 bits per heavy atom. The molecule has 0 fully saturated rings. The molecule has 72 valence electrons. The minimum atomic E-state index is -0.939. The Kier molecular flexibility index (Phi) is 2.51. The number of aromatic carboxylic acids is 1. The van der Waals surface area contributed by atoms with Crippen LogP contribution in [-0.4, -0.2) is 11.1 Å². The van der Waals surface area contributed by atoms with Crippen LogP contribution in [0.15, 0.2) is 22.0 Å². The lowest BCUT2D eigenvalue weighted by Gasteiger charge is -1.93. The zero-order valence-electron chi connectivity index (χ0n) is 6.75. The highest BCUT2D eigenvalue weighted by Gasteiger charge is 2.16. The molecule has 0 unspecified atom stereocenters. The normalized spacial score (nSPS) is 10.7. The van der Waals surface area contributed by atoms with Crippen molar-refractivity contribution in [3.63, 3.8) is 0 Å². The average molecular weight is 292 g/mol. The number of rotatable bonds is 1. The van der Waals surface area contributed by atoms with Crippen molar-refractivity contribution < 1.29 is 9.90 Å². The van der Waals surface area contributed by atoms with E-state index in [9.17, 15) is 4.79 Å². The molecule has 0 bridgehead atoms. The number of hydrogen-bond acceptors (Lipinski definition) is 2. The summed E-state index contributed by atoms with van der Waals surface area (Å²) in [5.41, 5.74) is 0.285. The SMILES string of the molecule is O=C(O)c1c(Br)sc2ccc(Cl)cc12. The van der Waals surface area contributed by atoms with E-state index in [1.54, 1.807) is 12.1 Å². The molecule has 0 saturated heterocycles. The van der Waals surface area contributed by atoms with Crippen LogP contribution >= 0.6 is 38.9 Å². The third-order valence-corrected chi connectivity index (χ3v) is 3.90. The van der Waals surface area contributed by atoms with Gasteiger partial charge in [-0.1, -0.05) is 11.6 Å². The second-order valence-corrected chi connectivity index (χ2v) is 5.50. The summed E-state index contributed by atoms with van der Waals surface area (Å²) < 4.78 is 1.54. The molecule has 0 amide bonds. The van der Waals surface area contributed by atoms with E-state index in [-0.39, 0.29) is 5.56 Å². The first-order valence-electron chi connectivity index (χ1n) is 3.70. The van der Waals surface area contributed by atoms with Crippen molar-refractivity contribution in [2.24, 2.45) is 0 Å². The van der Waals surface area contributed by atoms with Gasteiger partial charge in [0.25, 0.3) is 0 Å². The lowest BCUT2D eigenvalue weighted by Crippen LogP contribution is -1.94. The largest absolute Gasteiger partial charge is 0.478 e. The van der Waals surface area contributed by atoms with Crippen LogP contribution in [0.4, 0.5) is 0 Å². The molecule has 2 nitrogen and oxygen atoms in total. The lowest BCUT2D eigenvalue weighted by molar-refractivity contribution is 0.0698. The van der Waals surface area contributed by atoms with Gasteiger partial charge in [-0.25, -0.2) is 4.79 Å². The Balaban J connectivity index is 2.86. The van der Waals surface area contributed by atoms with Crippen LogP contribution in [0.2, 0.25) is 5.02 Å². The van der Waals surface area contributed by atoms with Gasteiger partial charge in [-0.15, -0.1) is 11.3 Å². The monoisotopic (exact) mass is 290 g/mol. The van der Waals surface area contributed by atoms with Crippen LogP contribution in [-0.2, 0) is 0 Å². The smallest absolute Gasteiger partial charge is 0.338 e. The summed E-state index contributed by atoms with van der Waals surface area (Å²) in [5, 5.41) is 10.2. The third kappa shape index (κ3) is 1.54. The molecule has 0 atom stereocenters. The van der Waals surface area contributed by atoms with Gasteiger partial charge in [-0.2, -0.15) is 0 Å². The van der Waals surface area contributed by atoms with Crippen molar-refractivity contribution in [1.29, 1.82) is 0 Å². The van der Waals surface area contributed by atoms with E-state index in [0.717, 1.165) is 4.70 Å². The van der Waals surface area contributed by atoms with E-state index in [1.165, 1.54) is 11.3 Å². The molecule has 1 heterocycles. The highest BCUT2D eigenvalue weighted by atomic mass is 79.9. The molecule has 0 aliphatic heterocycles. The van der Waals surface area contributed by atoms with Gasteiger partial charge in [-0.3, -0.25) is 0 Å². The summed E-state index contributed by atoms with van der Waals surface area (Å²) in [6.07, 6.45) is 0. The molecule has 1 aromatic carbocycles. The molecular weight excluding hydrogens is 288 g/mol. The number of carbonyl (C=O) groups is 1. The van der Waals surface area contributed by atoms with Crippen LogP contribution in [0.3, 0.4) is 0 Å². The van der Waals surface area contributed by atoms with Crippen LogP contribution in [0.5, 0.6) is 0 Å². The maximum absolute atomic E-state index is 10.9. The van der Waals surface area contributed by atoms with E-state index < -0.39 is 5.97 Å². The second kappa shape index (κ2) is 3.53. The highest BCUT2D eigenvalue weighted by Crippen LogP contribution is 2.36. The zero-order valence-corrected chi connectivity index (χ0v) is 9.91. The van der Waals surface area contributed by atoms with E-state index >= 15 is 0 Å². The van der Waals surface area contributed by atoms with Gasteiger partial charge in [0.1, 0.15) is 0 Å². The van der Waals surface area contributed by atoms with Crippen LogP contribution < -0.4 is 0 Å². The summed E-state index contributed by atoms with van der Waals surface area (Å²) in [6.45, 7) is 0. The van der Waals surface area contributed by atoms with Crippen molar-refractivity contribution in [1.82, 2.24) is 0 Å². The Hall–Kier alpha value is -0.580. The second-order valence-electron chi connectivity index (χ2n) is 2.70. The van der Waals surface area contributed by atoms with Crippen molar-refractivity contribution >= 4 is 54.9 Å².